The highest BCUT2D eigenvalue weighted by molar-refractivity contribution is 5.97. The molecule has 4 rings (SSSR count). The molecule has 5 N–H and O–H groups in total. The highest BCUT2D eigenvalue weighted by atomic mass is 16.3. The second-order valence-electron chi connectivity index (χ2n) is 11.4. The predicted molar refractivity (Wildman–Crippen MR) is 162 cm³/mol. The number of aliphatic hydroxyl groups is 1. The number of aromatic nitrogens is 2. The zero-order valence-corrected chi connectivity index (χ0v) is 24.6. The lowest BCUT2D eigenvalue weighted by atomic mass is 9.91. The summed E-state index contributed by atoms with van der Waals surface area (Å²) in [6.07, 6.45) is 6.49. The van der Waals surface area contributed by atoms with Gasteiger partial charge in [-0.25, -0.2) is 4.98 Å². The summed E-state index contributed by atoms with van der Waals surface area (Å²) in [6.45, 7) is 4.16. The number of hydrogen-bond donors (Lipinski definition) is 5. The summed E-state index contributed by atoms with van der Waals surface area (Å²) >= 11 is 0. The quantitative estimate of drug-likeness (QED) is 0.204. The highest BCUT2D eigenvalue weighted by Crippen LogP contribution is 2.21. The molecule has 1 aliphatic rings. The van der Waals surface area contributed by atoms with Gasteiger partial charge in [0.2, 0.25) is 17.7 Å². The number of aliphatic hydroxyl groups excluding tert-OH is 1. The minimum atomic E-state index is -1.03. The lowest BCUT2D eigenvalue weighted by Crippen LogP contribution is -2.56. The van der Waals surface area contributed by atoms with Crippen molar-refractivity contribution in [2.75, 3.05) is 13.2 Å². The zero-order chi connectivity index (χ0) is 30.8. The van der Waals surface area contributed by atoms with Gasteiger partial charge in [0.05, 0.1) is 18.8 Å². The van der Waals surface area contributed by atoms with Crippen molar-refractivity contribution in [3.05, 3.63) is 72.3 Å². The van der Waals surface area contributed by atoms with Gasteiger partial charge < -0.3 is 26.4 Å². The molecule has 2 aromatic carbocycles. The Morgan fingerprint density at radius 1 is 1.00 bits per heavy atom. The minimum Gasteiger partial charge on any atom is -0.394 e. The number of benzene rings is 2. The first kappa shape index (κ1) is 31.6. The average molecular weight is 589 g/mol. The van der Waals surface area contributed by atoms with E-state index in [0.717, 1.165) is 22.8 Å². The van der Waals surface area contributed by atoms with Crippen LogP contribution in [-0.2, 0) is 20.8 Å². The molecule has 0 spiro atoms. The molecule has 2 heterocycles. The van der Waals surface area contributed by atoms with E-state index in [1.807, 2.05) is 56.3 Å². The van der Waals surface area contributed by atoms with E-state index in [1.165, 1.54) is 18.6 Å². The van der Waals surface area contributed by atoms with Gasteiger partial charge in [-0.2, -0.15) is 0 Å². The summed E-state index contributed by atoms with van der Waals surface area (Å²) in [5.41, 5.74) is 0.917. The molecule has 4 atom stereocenters. The Balaban J connectivity index is 1.53. The fraction of sp³-hybridized carbons (Fsp3) is 0.438. The van der Waals surface area contributed by atoms with Gasteiger partial charge in [0.15, 0.2) is 0 Å². The van der Waals surface area contributed by atoms with Gasteiger partial charge in [0, 0.05) is 31.3 Å². The Kier molecular flexibility index (Phi) is 11.2. The molecule has 1 aliphatic heterocycles. The minimum absolute atomic E-state index is 0.0541. The van der Waals surface area contributed by atoms with Gasteiger partial charge >= 0.3 is 0 Å². The van der Waals surface area contributed by atoms with Crippen molar-refractivity contribution >= 4 is 34.4 Å². The van der Waals surface area contributed by atoms with Crippen molar-refractivity contribution in [1.82, 2.24) is 31.2 Å². The largest absolute Gasteiger partial charge is 0.394 e. The number of hydrogen-bond acceptors (Lipinski definition) is 7. The number of nitrogens with one attached hydrogen (secondary N) is 4. The van der Waals surface area contributed by atoms with Crippen molar-refractivity contribution in [2.45, 2.75) is 64.1 Å². The van der Waals surface area contributed by atoms with E-state index < -0.39 is 35.8 Å². The first-order valence-electron chi connectivity index (χ1n) is 14.8. The van der Waals surface area contributed by atoms with E-state index in [4.69, 9.17) is 0 Å². The summed E-state index contributed by atoms with van der Waals surface area (Å²) in [6, 6.07) is 11.0. The van der Waals surface area contributed by atoms with Crippen LogP contribution >= 0.6 is 0 Å². The molecule has 0 saturated carbocycles. The van der Waals surface area contributed by atoms with E-state index in [1.54, 1.807) is 0 Å². The monoisotopic (exact) mass is 588 g/mol. The maximum absolute atomic E-state index is 13.8. The standard InChI is InChI=1S/C32H40N6O5/c1-20(2)15-26(30(41)36-24(19-39)16-23-10-6-12-35-29(23)40)37-31(42)27(38-32(43)28-18-33-13-14-34-28)17-22-9-5-8-21-7-3-4-11-25(21)22/h3-5,7-9,11,13-14,18,20,23-24,26-27,39H,6,10,12,15-17,19H2,1-2H3,(H,35,40)(H,36,41)(H,37,42)(H,38,43)/t23-,24-,26-,27-/m0/s1. The van der Waals surface area contributed by atoms with Crippen LogP contribution in [0, 0.1) is 11.8 Å². The van der Waals surface area contributed by atoms with Crippen molar-refractivity contribution in [1.29, 1.82) is 0 Å². The molecule has 11 nitrogen and oxygen atoms in total. The van der Waals surface area contributed by atoms with Gasteiger partial charge in [-0.15, -0.1) is 0 Å². The second-order valence-corrected chi connectivity index (χ2v) is 11.4. The molecular formula is C32H40N6O5. The third-order valence-electron chi connectivity index (χ3n) is 7.60. The lowest BCUT2D eigenvalue weighted by molar-refractivity contribution is -0.131. The van der Waals surface area contributed by atoms with Crippen LogP contribution in [0.3, 0.4) is 0 Å². The molecule has 0 aliphatic carbocycles. The molecule has 1 fully saturated rings. The molecule has 11 heteroatoms. The Morgan fingerprint density at radius 2 is 1.77 bits per heavy atom. The van der Waals surface area contributed by atoms with Crippen LogP contribution in [-0.4, -0.2) is 70.0 Å². The Hall–Kier alpha value is -4.38. The summed E-state index contributed by atoms with van der Waals surface area (Å²) in [7, 11) is 0. The van der Waals surface area contributed by atoms with Gasteiger partial charge in [-0.3, -0.25) is 24.2 Å². The number of amides is 4. The number of carbonyl (C=O) groups excluding carboxylic acids is 4. The van der Waals surface area contributed by atoms with Crippen LogP contribution in [0.5, 0.6) is 0 Å². The average Bonchev–Trinajstić information content (AvgIpc) is 3.01. The number of piperidine rings is 1. The molecule has 0 radical (unpaired) electrons. The summed E-state index contributed by atoms with van der Waals surface area (Å²) < 4.78 is 0. The third kappa shape index (κ3) is 8.81. The molecule has 43 heavy (non-hydrogen) atoms. The predicted octanol–water partition coefficient (Wildman–Crippen LogP) is 1.90. The lowest BCUT2D eigenvalue weighted by Gasteiger charge is -2.28. The Morgan fingerprint density at radius 3 is 2.49 bits per heavy atom. The molecule has 0 unspecified atom stereocenters. The van der Waals surface area contributed by atoms with E-state index in [0.29, 0.717) is 25.8 Å². The van der Waals surface area contributed by atoms with Gasteiger partial charge in [-0.05, 0) is 47.9 Å². The van der Waals surface area contributed by atoms with Gasteiger partial charge in [-0.1, -0.05) is 56.3 Å². The number of carbonyl (C=O) groups is 4. The Bertz CT molecular complexity index is 1410. The van der Waals surface area contributed by atoms with Crippen LogP contribution in [0.2, 0.25) is 0 Å². The first-order valence-corrected chi connectivity index (χ1v) is 14.8. The summed E-state index contributed by atoms with van der Waals surface area (Å²) in [4.78, 5) is 60.6. The Labute approximate surface area is 251 Å². The topological polar surface area (TPSA) is 162 Å². The second kappa shape index (κ2) is 15.2. The van der Waals surface area contributed by atoms with E-state index >= 15 is 0 Å². The third-order valence-corrected chi connectivity index (χ3v) is 7.60. The molecule has 228 valence electrons. The van der Waals surface area contributed by atoms with E-state index in [-0.39, 0.29) is 36.5 Å². The van der Waals surface area contributed by atoms with Crippen molar-refractivity contribution in [3.8, 4) is 0 Å². The number of fused-ring (bicyclic) bond motifs is 1. The molecule has 3 aromatic rings. The fourth-order valence-electron chi connectivity index (χ4n) is 5.41. The van der Waals surface area contributed by atoms with Crippen LogP contribution in [0.1, 0.15) is 55.6 Å². The SMILES string of the molecule is CC(C)C[C@H](NC(=O)[C@H](Cc1cccc2ccccc12)NC(=O)c1cnccn1)C(=O)N[C@H](CO)C[C@@H]1CCCNC1=O. The molecular weight excluding hydrogens is 548 g/mol. The number of nitrogens with zero attached hydrogens (tertiary/aromatic N) is 2. The first-order chi connectivity index (χ1) is 20.7. The van der Waals surface area contributed by atoms with Crippen molar-refractivity contribution < 1.29 is 24.3 Å². The van der Waals surface area contributed by atoms with Crippen LogP contribution in [0.25, 0.3) is 10.8 Å². The molecule has 1 saturated heterocycles. The zero-order valence-electron chi connectivity index (χ0n) is 24.6. The van der Waals surface area contributed by atoms with E-state index in [9.17, 15) is 24.3 Å². The highest BCUT2D eigenvalue weighted by Gasteiger charge is 2.31. The van der Waals surface area contributed by atoms with Crippen LogP contribution in [0.15, 0.2) is 61.1 Å². The fourth-order valence-corrected chi connectivity index (χ4v) is 5.41. The maximum atomic E-state index is 13.8. The van der Waals surface area contributed by atoms with Gasteiger partial charge in [0.1, 0.15) is 17.8 Å². The van der Waals surface area contributed by atoms with Crippen molar-refractivity contribution in [3.63, 3.8) is 0 Å². The maximum Gasteiger partial charge on any atom is 0.272 e. The van der Waals surface area contributed by atoms with Crippen molar-refractivity contribution in [2.24, 2.45) is 11.8 Å². The van der Waals surface area contributed by atoms with E-state index in [2.05, 4.69) is 31.2 Å². The number of rotatable bonds is 13. The van der Waals surface area contributed by atoms with Gasteiger partial charge in [0.25, 0.3) is 5.91 Å². The molecule has 4 amide bonds. The smallest absolute Gasteiger partial charge is 0.272 e. The van der Waals surface area contributed by atoms with Crippen LogP contribution in [0.4, 0.5) is 0 Å². The normalized spacial score (nSPS) is 17.0. The summed E-state index contributed by atoms with van der Waals surface area (Å²) in [5.74, 6) is -1.88. The molecule has 1 aromatic heterocycles. The van der Waals surface area contributed by atoms with Crippen LogP contribution < -0.4 is 21.3 Å². The summed E-state index contributed by atoms with van der Waals surface area (Å²) in [5, 5.41) is 23.2. The molecule has 0 bridgehead atoms.